The summed E-state index contributed by atoms with van der Waals surface area (Å²) < 4.78 is 5.39. The Hall–Kier alpha value is -0.610. The molecule has 1 saturated heterocycles. The van der Waals surface area contributed by atoms with Gasteiger partial charge in [-0.25, -0.2) is 0 Å². The molecule has 1 aliphatic carbocycles. The topological polar surface area (TPSA) is 50.4 Å². The van der Waals surface area contributed by atoms with Crippen molar-refractivity contribution >= 4 is 5.91 Å². The van der Waals surface area contributed by atoms with Crippen molar-refractivity contribution in [1.82, 2.24) is 10.6 Å². The molecule has 0 bridgehead atoms. The first-order chi connectivity index (χ1) is 9.18. The van der Waals surface area contributed by atoms with Crippen molar-refractivity contribution in [2.24, 2.45) is 5.41 Å². The third-order valence-corrected chi connectivity index (χ3v) is 4.51. The van der Waals surface area contributed by atoms with Crippen LogP contribution in [0.2, 0.25) is 0 Å². The normalized spacial score (nSPS) is 24.1. The highest BCUT2D eigenvalue weighted by Crippen LogP contribution is 2.28. The Bertz CT molecular complexity index is 282. The Balaban J connectivity index is 1.60. The highest BCUT2D eigenvalue weighted by atomic mass is 16.5. The fraction of sp³-hybridized carbons (Fsp3) is 0.933. The van der Waals surface area contributed by atoms with Gasteiger partial charge in [-0.3, -0.25) is 4.79 Å². The minimum atomic E-state index is 0.155. The van der Waals surface area contributed by atoms with Crippen LogP contribution in [-0.2, 0) is 9.53 Å². The van der Waals surface area contributed by atoms with Crippen LogP contribution in [0.25, 0.3) is 0 Å². The van der Waals surface area contributed by atoms with Gasteiger partial charge in [0.1, 0.15) is 0 Å². The summed E-state index contributed by atoms with van der Waals surface area (Å²) in [4.78, 5) is 11.9. The predicted molar refractivity (Wildman–Crippen MR) is 76.0 cm³/mol. The van der Waals surface area contributed by atoms with E-state index in [2.05, 4.69) is 17.6 Å². The number of hydrogen-bond acceptors (Lipinski definition) is 3. The van der Waals surface area contributed by atoms with E-state index in [1.54, 1.807) is 0 Å². The molecule has 2 fully saturated rings. The molecule has 4 nitrogen and oxygen atoms in total. The average molecular weight is 268 g/mol. The second-order valence-corrected chi connectivity index (χ2v) is 6.43. The minimum absolute atomic E-state index is 0.155. The largest absolute Gasteiger partial charge is 0.381 e. The highest BCUT2D eigenvalue weighted by Gasteiger charge is 2.27. The summed E-state index contributed by atoms with van der Waals surface area (Å²) in [5.74, 6) is 0.155. The first-order valence-corrected chi connectivity index (χ1v) is 7.76. The van der Waals surface area contributed by atoms with Crippen LogP contribution >= 0.6 is 0 Å². The molecule has 0 aromatic rings. The number of hydrogen-bond donors (Lipinski definition) is 2. The lowest BCUT2D eigenvalue weighted by Gasteiger charge is -2.33. The molecule has 0 atom stereocenters. The monoisotopic (exact) mass is 268 g/mol. The molecule has 0 aromatic carbocycles. The van der Waals surface area contributed by atoms with E-state index >= 15 is 0 Å². The maximum absolute atomic E-state index is 11.9. The Kier molecular flexibility index (Phi) is 5.64. The van der Waals surface area contributed by atoms with Crippen molar-refractivity contribution in [2.45, 2.75) is 57.9 Å². The van der Waals surface area contributed by atoms with Crippen molar-refractivity contribution in [3.8, 4) is 0 Å². The van der Waals surface area contributed by atoms with Crippen LogP contribution in [0.1, 0.15) is 51.9 Å². The van der Waals surface area contributed by atoms with Gasteiger partial charge < -0.3 is 15.4 Å². The fourth-order valence-corrected chi connectivity index (χ4v) is 3.04. The highest BCUT2D eigenvalue weighted by molar-refractivity contribution is 5.78. The summed E-state index contributed by atoms with van der Waals surface area (Å²) in [6.07, 6.45) is 8.33. The van der Waals surface area contributed by atoms with Gasteiger partial charge in [-0.15, -0.1) is 0 Å². The van der Waals surface area contributed by atoms with Gasteiger partial charge in [0.05, 0.1) is 6.54 Å². The molecular weight excluding hydrogens is 240 g/mol. The Morgan fingerprint density at radius 1 is 1.21 bits per heavy atom. The minimum Gasteiger partial charge on any atom is -0.381 e. The molecule has 0 spiro atoms. The quantitative estimate of drug-likeness (QED) is 0.800. The van der Waals surface area contributed by atoms with Crippen LogP contribution in [0.4, 0.5) is 0 Å². The summed E-state index contributed by atoms with van der Waals surface area (Å²) in [7, 11) is 0. The molecule has 4 heteroatoms. The van der Waals surface area contributed by atoms with Crippen molar-refractivity contribution in [2.75, 3.05) is 26.3 Å². The average Bonchev–Trinajstić information content (AvgIpc) is 2.40. The molecule has 1 heterocycles. The van der Waals surface area contributed by atoms with Gasteiger partial charge >= 0.3 is 0 Å². The molecule has 0 radical (unpaired) electrons. The Morgan fingerprint density at radius 2 is 1.89 bits per heavy atom. The van der Waals surface area contributed by atoms with E-state index in [0.717, 1.165) is 45.4 Å². The summed E-state index contributed by atoms with van der Waals surface area (Å²) in [6.45, 7) is 5.35. The molecule has 0 aromatic heterocycles. The first-order valence-electron chi connectivity index (χ1n) is 7.76. The molecule has 1 amide bonds. The zero-order valence-corrected chi connectivity index (χ0v) is 12.2. The number of carbonyl (C=O) groups excluding carboxylic acids is 1. The van der Waals surface area contributed by atoms with E-state index in [4.69, 9.17) is 4.74 Å². The van der Waals surface area contributed by atoms with Crippen LogP contribution in [0.15, 0.2) is 0 Å². The van der Waals surface area contributed by atoms with Gasteiger partial charge in [0.2, 0.25) is 5.91 Å². The van der Waals surface area contributed by atoms with Crippen molar-refractivity contribution < 1.29 is 9.53 Å². The van der Waals surface area contributed by atoms with Gasteiger partial charge in [0.25, 0.3) is 0 Å². The zero-order chi connectivity index (χ0) is 13.6. The molecule has 2 rings (SSSR count). The lowest BCUT2D eigenvalue weighted by molar-refractivity contribution is -0.121. The Labute approximate surface area is 116 Å². The third kappa shape index (κ3) is 5.11. The maximum atomic E-state index is 11.9. The van der Waals surface area contributed by atoms with E-state index in [1.165, 1.54) is 19.3 Å². The van der Waals surface area contributed by atoms with Gasteiger partial charge in [0, 0.05) is 25.8 Å². The smallest absolute Gasteiger partial charge is 0.234 e. The van der Waals surface area contributed by atoms with Crippen molar-refractivity contribution in [3.05, 3.63) is 0 Å². The second kappa shape index (κ2) is 7.25. The zero-order valence-electron chi connectivity index (χ0n) is 12.2. The number of ether oxygens (including phenoxy) is 1. The molecule has 2 N–H and O–H groups in total. The SMILES string of the molecule is CC1(CNCC(=O)NC2CCCCC2)CCOCC1. The molecule has 1 aliphatic heterocycles. The summed E-state index contributed by atoms with van der Waals surface area (Å²) in [5.41, 5.74) is 0.295. The lowest BCUT2D eigenvalue weighted by atomic mass is 9.82. The summed E-state index contributed by atoms with van der Waals surface area (Å²) in [5, 5.41) is 6.46. The molecule has 1 saturated carbocycles. The number of rotatable bonds is 5. The van der Waals surface area contributed by atoms with E-state index in [9.17, 15) is 4.79 Å². The molecule has 0 unspecified atom stereocenters. The maximum Gasteiger partial charge on any atom is 0.234 e. The summed E-state index contributed by atoms with van der Waals surface area (Å²) in [6, 6.07) is 0.418. The molecule has 19 heavy (non-hydrogen) atoms. The number of amides is 1. The van der Waals surface area contributed by atoms with E-state index in [1.807, 2.05) is 0 Å². The van der Waals surface area contributed by atoms with Crippen molar-refractivity contribution in [3.63, 3.8) is 0 Å². The molecular formula is C15H28N2O2. The van der Waals surface area contributed by atoms with Crippen molar-refractivity contribution in [1.29, 1.82) is 0 Å². The Morgan fingerprint density at radius 3 is 2.58 bits per heavy atom. The van der Waals surface area contributed by atoms with Gasteiger partial charge in [-0.1, -0.05) is 26.2 Å². The lowest BCUT2D eigenvalue weighted by Crippen LogP contribution is -2.44. The van der Waals surface area contributed by atoms with E-state index in [0.29, 0.717) is 18.0 Å². The summed E-state index contributed by atoms with van der Waals surface area (Å²) >= 11 is 0. The van der Waals surface area contributed by atoms with E-state index < -0.39 is 0 Å². The van der Waals surface area contributed by atoms with Gasteiger partial charge in [0.15, 0.2) is 0 Å². The first kappa shape index (κ1) is 14.8. The second-order valence-electron chi connectivity index (χ2n) is 6.43. The number of carbonyl (C=O) groups is 1. The third-order valence-electron chi connectivity index (χ3n) is 4.51. The van der Waals surface area contributed by atoms with Gasteiger partial charge in [-0.2, -0.15) is 0 Å². The van der Waals surface area contributed by atoms with Crippen LogP contribution < -0.4 is 10.6 Å². The van der Waals surface area contributed by atoms with Gasteiger partial charge in [-0.05, 0) is 31.1 Å². The van der Waals surface area contributed by atoms with Crippen LogP contribution in [0, 0.1) is 5.41 Å². The van der Waals surface area contributed by atoms with Crippen LogP contribution in [-0.4, -0.2) is 38.3 Å². The molecule has 110 valence electrons. The van der Waals surface area contributed by atoms with Crippen LogP contribution in [0.5, 0.6) is 0 Å². The van der Waals surface area contributed by atoms with E-state index in [-0.39, 0.29) is 5.91 Å². The predicted octanol–water partition coefficient (Wildman–Crippen LogP) is 1.84. The van der Waals surface area contributed by atoms with Crippen LogP contribution in [0.3, 0.4) is 0 Å². The standard InChI is InChI=1S/C15H28N2O2/c1-15(7-9-19-10-8-15)12-16-11-14(18)17-13-5-3-2-4-6-13/h13,16H,2-12H2,1H3,(H,17,18). The molecule has 2 aliphatic rings. The fourth-order valence-electron chi connectivity index (χ4n) is 3.04. The number of nitrogens with one attached hydrogen (secondary N) is 2.